The number of rotatable bonds is 4. The van der Waals surface area contributed by atoms with Gasteiger partial charge in [-0.3, -0.25) is 0 Å². The van der Waals surface area contributed by atoms with Crippen LogP contribution in [0.2, 0.25) is 0 Å². The maximum Gasteiger partial charge on any atom is 0.216 e. The van der Waals surface area contributed by atoms with Crippen molar-refractivity contribution in [2.45, 2.75) is 24.3 Å². The van der Waals surface area contributed by atoms with Crippen LogP contribution in [0.15, 0.2) is 42.5 Å². The average molecular weight is 339 g/mol. The highest BCUT2D eigenvalue weighted by molar-refractivity contribution is 7.88. The molecule has 0 amide bonds. The third-order valence-corrected chi connectivity index (χ3v) is 5.18. The highest BCUT2D eigenvalue weighted by atomic mass is 32.2. The third kappa shape index (κ3) is 3.41. The lowest BCUT2D eigenvalue weighted by molar-refractivity contribution is 0.151. The molecule has 0 radical (unpaired) electrons. The summed E-state index contributed by atoms with van der Waals surface area (Å²) in [6.45, 7) is 0. The summed E-state index contributed by atoms with van der Waals surface area (Å²) in [5.41, 5.74) is 1.46. The van der Waals surface area contributed by atoms with Gasteiger partial charge in [-0.2, -0.15) is 0 Å². The molecule has 2 N–H and O–H groups in total. The van der Waals surface area contributed by atoms with Crippen molar-refractivity contribution in [3.63, 3.8) is 0 Å². The second-order valence-electron chi connectivity index (χ2n) is 5.56. The molecular formula is C16H15F2NO3S. The molecule has 0 bridgehead atoms. The molecule has 122 valence electrons. The Hall–Kier alpha value is -1.83. The number of nitrogens with one attached hydrogen (secondary N) is 1. The van der Waals surface area contributed by atoms with E-state index in [0.29, 0.717) is 18.1 Å². The standard InChI is InChI=1S/C16H15F2NO3S/c17-12-6-5-11(14(18)8-12)9-23(21,22)19-16-13-4-2-1-3-10(13)7-15(16)20/h1-6,8,15-16,19-20H,7,9H2/t15-,16+/m1/s1. The summed E-state index contributed by atoms with van der Waals surface area (Å²) in [6.07, 6.45) is -0.519. The molecule has 0 saturated heterocycles. The van der Waals surface area contributed by atoms with E-state index in [1.165, 1.54) is 0 Å². The summed E-state index contributed by atoms with van der Waals surface area (Å²) >= 11 is 0. The SMILES string of the molecule is O=S(=O)(Cc1ccc(F)cc1F)N[C@H]1c2ccccc2C[C@H]1O. The predicted octanol–water partition coefficient (Wildman–Crippen LogP) is 2.04. The van der Waals surface area contributed by atoms with Crippen LogP contribution in [-0.2, 0) is 22.2 Å². The van der Waals surface area contributed by atoms with Crippen molar-refractivity contribution in [3.05, 3.63) is 70.8 Å². The van der Waals surface area contributed by atoms with E-state index in [2.05, 4.69) is 4.72 Å². The summed E-state index contributed by atoms with van der Waals surface area (Å²) in [7, 11) is -3.90. The van der Waals surface area contributed by atoms with Gasteiger partial charge in [-0.15, -0.1) is 0 Å². The Kier molecular flexibility index (Phi) is 4.18. The van der Waals surface area contributed by atoms with Gasteiger partial charge in [-0.1, -0.05) is 30.3 Å². The zero-order valence-electron chi connectivity index (χ0n) is 12.0. The highest BCUT2D eigenvalue weighted by Gasteiger charge is 2.33. The summed E-state index contributed by atoms with van der Waals surface area (Å²) in [4.78, 5) is 0. The van der Waals surface area contributed by atoms with Crippen LogP contribution in [0.3, 0.4) is 0 Å². The lowest BCUT2D eigenvalue weighted by atomic mass is 10.1. The van der Waals surface area contributed by atoms with Gasteiger partial charge in [0, 0.05) is 18.1 Å². The Morgan fingerprint density at radius 3 is 2.65 bits per heavy atom. The minimum atomic E-state index is -3.90. The number of halogens is 2. The molecule has 1 aliphatic carbocycles. The Morgan fingerprint density at radius 1 is 1.17 bits per heavy atom. The number of aliphatic hydroxyl groups is 1. The van der Waals surface area contributed by atoms with Crippen molar-refractivity contribution in [2.75, 3.05) is 0 Å². The zero-order valence-corrected chi connectivity index (χ0v) is 12.9. The van der Waals surface area contributed by atoms with Gasteiger partial charge in [-0.05, 0) is 17.2 Å². The molecule has 4 nitrogen and oxygen atoms in total. The van der Waals surface area contributed by atoms with Gasteiger partial charge >= 0.3 is 0 Å². The van der Waals surface area contributed by atoms with E-state index in [1.807, 2.05) is 12.1 Å². The number of hydrogen-bond acceptors (Lipinski definition) is 3. The van der Waals surface area contributed by atoms with Crippen molar-refractivity contribution in [3.8, 4) is 0 Å². The first-order valence-corrected chi connectivity index (χ1v) is 8.71. The summed E-state index contributed by atoms with van der Waals surface area (Å²) in [6, 6.07) is 9.14. The maximum atomic E-state index is 13.6. The van der Waals surface area contributed by atoms with E-state index < -0.39 is 39.6 Å². The molecule has 7 heteroatoms. The Labute approximate surface area is 132 Å². The lowest BCUT2D eigenvalue weighted by Crippen LogP contribution is -2.34. The molecule has 0 heterocycles. The number of sulfonamides is 1. The van der Waals surface area contributed by atoms with Crippen LogP contribution in [0.4, 0.5) is 8.78 Å². The number of hydrogen-bond donors (Lipinski definition) is 2. The van der Waals surface area contributed by atoms with Crippen molar-refractivity contribution in [1.82, 2.24) is 4.72 Å². The second kappa shape index (κ2) is 5.99. The van der Waals surface area contributed by atoms with Crippen LogP contribution in [0, 0.1) is 11.6 Å². The fourth-order valence-electron chi connectivity index (χ4n) is 2.79. The normalized spacial score (nSPS) is 20.5. The molecular weight excluding hydrogens is 324 g/mol. The summed E-state index contributed by atoms with van der Waals surface area (Å²) in [5, 5.41) is 10.1. The van der Waals surface area contributed by atoms with Crippen molar-refractivity contribution in [2.24, 2.45) is 0 Å². The Morgan fingerprint density at radius 2 is 1.91 bits per heavy atom. The van der Waals surface area contributed by atoms with E-state index in [1.54, 1.807) is 12.1 Å². The molecule has 0 aliphatic heterocycles. The van der Waals surface area contributed by atoms with Crippen LogP contribution in [0.25, 0.3) is 0 Å². The summed E-state index contributed by atoms with van der Waals surface area (Å²) < 4.78 is 53.5. The van der Waals surface area contributed by atoms with E-state index in [9.17, 15) is 22.3 Å². The van der Waals surface area contributed by atoms with Crippen molar-refractivity contribution < 1.29 is 22.3 Å². The second-order valence-corrected chi connectivity index (χ2v) is 7.31. The summed E-state index contributed by atoms with van der Waals surface area (Å²) in [5.74, 6) is -2.30. The van der Waals surface area contributed by atoms with Crippen LogP contribution < -0.4 is 4.72 Å². The smallest absolute Gasteiger partial charge is 0.216 e. The van der Waals surface area contributed by atoms with Crippen molar-refractivity contribution >= 4 is 10.0 Å². The first-order chi connectivity index (χ1) is 10.9. The molecule has 2 atom stereocenters. The topological polar surface area (TPSA) is 66.4 Å². The average Bonchev–Trinajstić information content (AvgIpc) is 2.78. The van der Waals surface area contributed by atoms with E-state index in [4.69, 9.17) is 0 Å². The van der Waals surface area contributed by atoms with Gasteiger partial charge in [0.15, 0.2) is 0 Å². The molecule has 0 unspecified atom stereocenters. The minimum Gasteiger partial charge on any atom is -0.391 e. The first-order valence-electron chi connectivity index (χ1n) is 7.05. The monoisotopic (exact) mass is 339 g/mol. The minimum absolute atomic E-state index is 0.125. The molecule has 0 saturated carbocycles. The molecule has 2 aromatic rings. The van der Waals surface area contributed by atoms with E-state index in [-0.39, 0.29) is 5.56 Å². The number of benzene rings is 2. The fourth-order valence-corrected chi connectivity index (χ4v) is 4.19. The Bertz CT molecular complexity index is 839. The molecule has 0 fully saturated rings. The third-order valence-electron chi connectivity index (χ3n) is 3.87. The van der Waals surface area contributed by atoms with Crippen LogP contribution in [0.1, 0.15) is 22.7 Å². The molecule has 3 rings (SSSR count). The molecule has 2 aromatic carbocycles. The number of aliphatic hydroxyl groups excluding tert-OH is 1. The van der Waals surface area contributed by atoms with Crippen molar-refractivity contribution in [1.29, 1.82) is 0 Å². The highest BCUT2D eigenvalue weighted by Crippen LogP contribution is 2.32. The maximum absolute atomic E-state index is 13.6. The molecule has 0 spiro atoms. The van der Waals surface area contributed by atoms with Gasteiger partial charge in [0.25, 0.3) is 0 Å². The van der Waals surface area contributed by atoms with Crippen LogP contribution >= 0.6 is 0 Å². The van der Waals surface area contributed by atoms with Gasteiger partial charge in [0.05, 0.1) is 17.9 Å². The predicted molar refractivity (Wildman–Crippen MR) is 81.0 cm³/mol. The fraction of sp³-hybridized carbons (Fsp3) is 0.250. The van der Waals surface area contributed by atoms with E-state index in [0.717, 1.165) is 17.7 Å². The molecule has 0 aromatic heterocycles. The largest absolute Gasteiger partial charge is 0.391 e. The zero-order chi connectivity index (χ0) is 16.6. The van der Waals surface area contributed by atoms with E-state index >= 15 is 0 Å². The first kappa shape index (κ1) is 16.0. The van der Waals surface area contributed by atoms with Gasteiger partial charge in [0.2, 0.25) is 10.0 Å². The van der Waals surface area contributed by atoms with Crippen LogP contribution in [0.5, 0.6) is 0 Å². The quantitative estimate of drug-likeness (QED) is 0.896. The number of fused-ring (bicyclic) bond motifs is 1. The van der Waals surface area contributed by atoms with Gasteiger partial charge in [-0.25, -0.2) is 21.9 Å². The van der Waals surface area contributed by atoms with Gasteiger partial charge < -0.3 is 5.11 Å². The molecule has 23 heavy (non-hydrogen) atoms. The van der Waals surface area contributed by atoms with Gasteiger partial charge in [0.1, 0.15) is 11.6 Å². The van der Waals surface area contributed by atoms with Crippen LogP contribution in [-0.4, -0.2) is 19.6 Å². The molecule has 1 aliphatic rings. The lowest BCUT2D eigenvalue weighted by Gasteiger charge is -2.18. The Balaban J connectivity index is 1.81.